The zero-order valence-corrected chi connectivity index (χ0v) is 14.8. The van der Waals surface area contributed by atoms with Crippen LogP contribution in [0.25, 0.3) is 17.0 Å². The van der Waals surface area contributed by atoms with Gasteiger partial charge in [-0.15, -0.1) is 0 Å². The minimum absolute atomic E-state index is 0.253. The summed E-state index contributed by atoms with van der Waals surface area (Å²) in [6.45, 7) is 0. The first-order valence-corrected chi connectivity index (χ1v) is 8.82. The molecule has 0 radical (unpaired) electrons. The molecule has 0 saturated carbocycles. The molecule has 4 rings (SSSR count). The van der Waals surface area contributed by atoms with Gasteiger partial charge in [-0.25, -0.2) is 9.18 Å². The summed E-state index contributed by atoms with van der Waals surface area (Å²) in [6, 6.07) is 14.4. The highest BCUT2D eigenvalue weighted by Crippen LogP contribution is 2.36. The maximum Gasteiger partial charge on any atom is 0.343 e. The molecule has 0 N–H and O–H groups in total. The molecule has 0 bridgehead atoms. The van der Waals surface area contributed by atoms with Gasteiger partial charge in [0.25, 0.3) is 5.91 Å². The first-order chi connectivity index (χ1) is 12.5. The van der Waals surface area contributed by atoms with Crippen molar-refractivity contribution in [1.29, 1.82) is 0 Å². The molecule has 2 heterocycles. The van der Waals surface area contributed by atoms with E-state index >= 15 is 0 Å². The fourth-order valence-corrected chi connectivity index (χ4v) is 3.92. The van der Waals surface area contributed by atoms with Gasteiger partial charge < -0.3 is 4.42 Å². The van der Waals surface area contributed by atoms with Crippen LogP contribution >= 0.6 is 24.0 Å². The summed E-state index contributed by atoms with van der Waals surface area (Å²) in [5, 5.41) is 0.749. The van der Waals surface area contributed by atoms with Crippen LogP contribution in [0.5, 0.6) is 0 Å². The Morgan fingerprint density at radius 1 is 1.08 bits per heavy atom. The second-order valence-corrected chi connectivity index (χ2v) is 7.20. The molecule has 0 unspecified atom stereocenters. The Kier molecular flexibility index (Phi) is 4.18. The third kappa shape index (κ3) is 2.95. The molecule has 0 spiro atoms. The van der Waals surface area contributed by atoms with Crippen LogP contribution < -0.4 is 10.5 Å². The van der Waals surface area contributed by atoms with Gasteiger partial charge in [0, 0.05) is 5.39 Å². The van der Waals surface area contributed by atoms with E-state index in [9.17, 15) is 14.0 Å². The maximum absolute atomic E-state index is 13.5. The topological polar surface area (TPSA) is 50.5 Å². The number of anilines is 1. The first kappa shape index (κ1) is 16.7. The molecule has 4 nitrogen and oxygen atoms in total. The Labute approximate surface area is 156 Å². The van der Waals surface area contributed by atoms with E-state index in [4.69, 9.17) is 16.6 Å². The van der Waals surface area contributed by atoms with Crippen molar-refractivity contribution in [3.8, 4) is 0 Å². The molecular formula is C19H10FNO3S2. The number of para-hydroxylation sites is 1. The number of carbonyl (C=O) groups excluding carboxylic acids is 1. The monoisotopic (exact) mass is 383 g/mol. The summed E-state index contributed by atoms with van der Waals surface area (Å²) in [6.07, 6.45) is 1.46. The van der Waals surface area contributed by atoms with Crippen LogP contribution in [0.2, 0.25) is 0 Å². The number of carbonyl (C=O) groups is 1. The quantitative estimate of drug-likeness (QED) is 0.374. The highest BCUT2D eigenvalue weighted by atomic mass is 32.2. The van der Waals surface area contributed by atoms with Crippen LogP contribution in [0.1, 0.15) is 5.56 Å². The normalized spacial score (nSPS) is 16.0. The van der Waals surface area contributed by atoms with Crippen molar-refractivity contribution in [2.45, 2.75) is 0 Å². The van der Waals surface area contributed by atoms with Gasteiger partial charge >= 0.3 is 5.63 Å². The van der Waals surface area contributed by atoms with E-state index in [0.717, 1.165) is 17.1 Å². The van der Waals surface area contributed by atoms with Crippen molar-refractivity contribution >= 4 is 56.9 Å². The summed E-state index contributed by atoms with van der Waals surface area (Å²) in [5.74, 6) is -0.867. The molecule has 1 aliphatic rings. The van der Waals surface area contributed by atoms with Gasteiger partial charge in [0.05, 0.1) is 16.2 Å². The molecule has 128 valence electrons. The number of rotatable bonds is 2. The first-order valence-electron chi connectivity index (χ1n) is 7.59. The molecule has 0 atom stereocenters. The van der Waals surface area contributed by atoms with Crippen molar-refractivity contribution < 1.29 is 13.6 Å². The predicted molar refractivity (Wildman–Crippen MR) is 105 cm³/mol. The Balaban J connectivity index is 1.75. The fourth-order valence-electron chi connectivity index (χ4n) is 2.63. The second kappa shape index (κ2) is 6.51. The fraction of sp³-hybridized carbons (Fsp3) is 0. The molecule has 1 saturated heterocycles. The molecule has 1 aliphatic heterocycles. The van der Waals surface area contributed by atoms with Gasteiger partial charge in [-0.3, -0.25) is 9.69 Å². The van der Waals surface area contributed by atoms with Gasteiger partial charge in [-0.1, -0.05) is 48.2 Å². The SMILES string of the molecule is O=C1/C(=C/c2cc3ccccc3oc2=O)SC(=S)N1c1cccc(F)c1. The molecular weight excluding hydrogens is 373 g/mol. The lowest BCUT2D eigenvalue weighted by atomic mass is 10.1. The highest BCUT2D eigenvalue weighted by molar-refractivity contribution is 8.27. The Hall–Kier alpha value is -2.77. The van der Waals surface area contributed by atoms with Crippen molar-refractivity contribution in [1.82, 2.24) is 0 Å². The average molecular weight is 383 g/mol. The lowest BCUT2D eigenvalue weighted by molar-refractivity contribution is -0.113. The van der Waals surface area contributed by atoms with Crippen LogP contribution in [0, 0.1) is 5.82 Å². The van der Waals surface area contributed by atoms with Gasteiger partial charge in [0.1, 0.15) is 11.4 Å². The smallest absolute Gasteiger partial charge is 0.343 e. The van der Waals surface area contributed by atoms with E-state index in [-0.39, 0.29) is 14.8 Å². The Morgan fingerprint density at radius 2 is 1.88 bits per heavy atom. The summed E-state index contributed by atoms with van der Waals surface area (Å²) in [5.41, 5.74) is 0.534. The largest absolute Gasteiger partial charge is 0.422 e. The van der Waals surface area contributed by atoms with Crippen LogP contribution in [0.4, 0.5) is 10.1 Å². The number of nitrogens with zero attached hydrogens (tertiary/aromatic N) is 1. The Morgan fingerprint density at radius 3 is 2.69 bits per heavy atom. The summed E-state index contributed by atoms with van der Waals surface area (Å²) in [4.78, 5) is 26.4. The zero-order valence-electron chi connectivity index (χ0n) is 13.1. The maximum atomic E-state index is 13.5. The number of fused-ring (bicyclic) bond motifs is 1. The summed E-state index contributed by atoms with van der Waals surface area (Å²) < 4.78 is 19.0. The lowest BCUT2D eigenvalue weighted by Crippen LogP contribution is -2.27. The third-order valence-electron chi connectivity index (χ3n) is 3.82. The van der Waals surface area contributed by atoms with Crippen LogP contribution in [0.15, 0.2) is 68.7 Å². The number of thiocarbonyl (C=S) groups is 1. The van der Waals surface area contributed by atoms with Crippen LogP contribution in [0.3, 0.4) is 0 Å². The number of halogens is 1. The standard InChI is InChI=1S/C19H10FNO3S2/c20-13-5-3-6-14(10-13)21-17(22)16(26-19(21)25)9-12-8-11-4-1-2-7-15(11)24-18(12)23/h1-10H/b16-9-. The molecule has 26 heavy (non-hydrogen) atoms. The Bertz CT molecular complexity index is 1150. The van der Waals surface area contributed by atoms with Gasteiger partial charge in [-0.2, -0.15) is 0 Å². The molecule has 2 aromatic carbocycles. The van der Waals surface area contributed by atoms with E-state index in [0.29, 0.717) is 11.3 Å². The van der Waals surface area contributed by atoms with Gasteiger partial charge in [0.15, 0.2) is 4.32 Å². The third-order valence-corrected chi connectivity index (χ3v) is 5.12. The van der Waals surface area contributed by atoms with E-state index < -0.39 is 17.3 Å². The zero-order chi connectivity index (χ0) is 18.3. The molecule has 1 aromatic heterocycles. The minimum atomic E-state index is -0.542. The minimum Gasteiger partial charge on any atom is -0.422 e. The average Bonchev–Trinajstić information content (AvgIpc) is 2.89. The van der Waals surface area contributed by atoms with Crippen molar-refractivity contribution in [2.75, 3.05) is 4.90 Å². The summed E-state index contributed by atoms with van der Waals surface area (Å²) >= 11 is 6.31. The molecule has 0 aliphatic carbocycles. The summed E-state index contributed by atoms with van der Waals surface area (Å²) in [7, 11) is 0. The van der Waals surface area contributed by atoms with E-state index in [1.54, 1.807) is 24.3 Å². The van der Waals surface area contributed by atoms with Crippen molar-refractivity contribution in [3.05, 3.63) is 81.3 Å². The lowest BCUT2D eigenvalue weighted by Gasteiger charge is -2.14. The van der Waals surface area contributed by atoms with Crippen LogP contribution in [-0.2, 0) is 4.79 Å². The molecule has 1 amide bonds. The van der Waals surface area contributed by atoms with Crippen molar-refractivity contribution in [3.63, 3.8) is 0 Å². The van der Waals surface area contributed by atoms with E-state index in [2.05, 4.69) is 0 Å². The number of hydrogen-bond acceptors (Lipinski definition) is 5. The highest BCUT2D eigenvalue weighted by Gasteiger charge is 2.33. The number of hydrogen-bond donors (Lipinski definition) is 0. The van der Waals surface area contributed by atoms with E-state index in [1.807, 2.05) is 12.1 Å². The molecule has 1 fully saturated rings. The number of thioether (sulfide) groups is 1. The van der Waals surface area contributed by atoms with Gasteiger partial charge in [-0.05, 0) is 36.4 Å². The predicted octanol–water partition coefficient (Wildman–Crippen LogP) is 4.34. The molecule has 3 aromatic rings. The molecule has 7 heteroatoms. The second-order valence-electron chi connectivity index (χ2n) is 5.52. The number of amides is 1. The van der Waals surface area contributed by atoms with Crippen molar-refractivity contribution in [2.24, 2.45) is 0 Å². The van der Waals surface area contributed by atoms with Crippen LogP contribution in [-0.4, -0.2) is 10.2 Å². The van der Waals surface area contributed by atoms with Gasteiger partial charge in [0.2, 0.25) is 0 Å². The number of benzene rings is 2. The van der Waals surface area contributed by atoms with E-state index in [1.165, 1.54) is 29.2 Å².